The lowest BCUT2D eigenvalue weighted by atomic mass is 9.64. The summed E-state index contributed by atoms with van der Waals surface area (Å²) in [5.74, 6) is -0.696. The molecule has 8 heteroatoms. The lowest BCUT2D eigenvalue weighted by molar-refractivity contribution is -0.142. The van der Waals surface area contributed by atoms with E-state index in [1.54, 1.807) is 18.2 Å². The molecule has 1 aromatic heterocycles. The van der Waals surface area contributed by atoms with Gasteiger partial charge in [0.1, 0.15) is 23.4 Å². The molecule has 158 valence electrons. The number of nitrogens with one attached hydrogen (secondary N) is 1. The highest BCUT2D eigenvalue weighted by Gasteiger charge is 2.56. The first-order chi connectivity index (χ1) is 14.1. The van der Waals surface area contributed by atoms with Gasteiger partial charge in [0, 0.05) is 17.5 Å². The standard InChI is InChI=1S/C22H24N2O6/c1-13-9-21(2,3)12-22(10-13)19(27)24(20(28)23-22)11-18(26)29-15-6-4-14-5-7-17(25)30-16(14)8-15/h4-8,13H,9-12H2,1-3H3,(H,23,28)/t13-,22-/m1/s1. The van der Waals surface area contributed by atoms with Gasteiger partial charge in [-0.25, -0.2) is 14.4 Å². The Balaban J connectivity index is 1.49. The molecule has 0 bridgehead atoms. The monoisotopic (exact) mass is 412 g/mol. The van der Waals surface area contributed by atoms with Gasteiger partial charge in [0.05, 0.1) is 0 Å². The Hall–Kier alpha value is -3.16. The average Bonchev–Trinajstić information content (AvgIpc) is 2.83. The molecule has 1 aliphatic carbocycles. The highest BCUT2D eigenvalue weighted by molar-refractivity contribution is 6.09. The van der Waals surface area contributed by atoms with Gasteiger partial charge in [-0.3, -0.25) is 9.69 Å². The molecule has 1 spiro atoms. The van der Waals surface area contributed by atoms with Crippen LogP contribution in [0.25, 0.3) is 11.0 Å². The van der Waals surface area contributed by atoms with Gasteiger partial charge in [0.25, 0.3) is 5.91 Å². The van der Waals surface area contributed by atoms with Crippen molar-refractivity contribution in [3.8, 4) is 5.75 Å². The number of hydrogen-bond donors (Lipinski definition) is 1. The molecule has 8 nitrogen and oxygen atoms in total. The van der Waals surface area contributed by atoms with Crippen LogP contribution in [-0.4, -0.2) is 34.9 Å². The summed E-state index contributed by atoms with van der Waals surface area (Å²) in [7, 11) is 0. The molecule has 30 heavy (non-hydrogen) atoms. The van der Waals surface area contributed by atoms with Gasteiger partial charge in [-0.2, -0.15) is 0 Å². The molecule has 3 amide bonds. The number of fused-ring (bicyclic) bond motifs is 1. The number of nitrogens with zero attached hydrogens (tertiary/aromatic N) is 1. The lowest BCUT2D eigenvalue weighted by Crippen LogP contribution is -2.54. The third kappa shape index (κ3) is 3.69. The molecule has 2 aliphatic rings. The van der Waals surface area contributed by atoms with Gasteiger partial charge in [0.15, 0.2) is 0 Å². The van der Waals surface area contributed by atoms with E-state index in [1.165, 1.54) is 12.1 Å². The topological polar surface area (TPSA) is 106 Å². The van der Waals surface area contributed by atoms with Crippen LogP contribution in [0.2, 0.25) is 0 Å². The first kappa shape index (κ1) is 20.1. The summed E-state index contributed by atoms with van der Waals surface area (Å²) in [6.45, 7) is 5.74. The molecule has 1 N–H and O–H groups in total. The van der Waals surface area contributed by atoms with E-state index in [0.717, 1.165) is 11.3 Å². The second kappa shape index (κ2) is 6.97. The molecule has 2 atom stereocenters. The number of carbonyl (C=O) groups excluding carboxylic acids is 3. The lowest BCUT2D eigenvalue weighted by Gasteiger charge is -2.43. The fourth-order valence-electron chi connectivity index (χ4n) is 5.05. The first-order valence-electron chi connectivity index (χ1n) is 9.96. The Morgan fingerprint density at radius 2 is 1.93 bits per heavy atom. The van der Waals surface area contributed by atoms with Crippen molar-refractivity contribution in [2.24, 2.45) is 11.3 Å². The minimum atomic E-state index is -0.967. The summed E-state index contributed by atoms with van der Waals surface area (Å²) < 4.78 is 10.4. The van der Waals surface area contributed by atoms with E-state index < -0.39 is 29.7 Å². The molecule has 1 saturated heterocycles. The van der Waals surface area contributed by atoms with E-state index in [9.17, 15) is 19.2 Å². The average molecular weight is 412 g/mol. The van der Waals surface area contributed by atoms with Crippen molar-refractivity contribution in [1.29, 1.82) is 0 Å². The number of rotatable bonds is 3. The Kier molecular flexibility index (Phi) is 4.67. The summed E-state index contributed by atoms with van der Waals surface area (Å²) in [6.07, 6.45) is 2.05. The predicted molar refractivity (Wildman–Crippen MR) is 108 cm³/mol. The Morgan fingerprint density at radius 3 is 2.67 bits per heavy atom. The second-order valence-electron chi connectivity index (χ2n) is 9.19. The van der Waals surface area contributed by atoms with Gasteiger partial charge in [-0.1, -0.05) is 20.8 Å². The van der Waals surface area contributed by atoms with Crippen molar-refractivity contribution in [3.63, 3.8) is 0 Å². The van der Waals surface area contributed by atoms with E-state index in [2.05, 4.69) is 26.1 Å². The molecule has 1 saturated carbocycles. The largest absolute Gasteiger partial charge is 0.425 e. The van der Waals surface area contributed by atoms with E-state index in [4.69, 9.17) is 9.15 Å². The zero-order chi connectivity index (χ0) is 21.7. The number of esters is 1. The number of hydrogen-bond acceptors (Lipinski definition) is 6. The highest BCUT2D eigenvalue weighted by Crippen LogP contribution is 2.46. The number of ether oxygens (including phenoxy) is 1. The van der Waals surface area contributed by atoms with Gasteiger partial charge in [-0.05, 0) is 48.8 Å². The third-order valence-electron chi connectivity index (χ3n) is 5.74. The number of benzene rings is 1. The van der Waals surface area contributed by atoms with Crippen molar-refractivity contribution in [1.82, 2.24) is 10.2 Å². The normalized spacial score (nSPS) is 25.6. The van der Waals surface area contributed by atoms with Crippen molar-refractivity contribution in [2.75, 3.05) is 6.54 Å². The molecule has 4 rings (SSSR count). The summed E-state index contributed by atoms with van der Waals surface area (Å²) in [5.41, 5.74) is -1.29. The van der Waals surface area contributed by atoms with Crippen LogP contribution in [-0.2, 0) is 9.59 Å². The zero-order valence-electron chi connectivity index (χ0n) is 17.2. The summed E-state index contributed by atoms with van der Waals surface area (Å²) in [4.78, 5) is 50.4. The number of amides is 3. The van der Waals surface area contributed by atoms with Gasteiger partial charge >= 0.3 is 17.6 Å². The van der Waals surface area contributed by atoms with Crippen LogP contribution in [0.3, 0.4) is 0 Å². The summed E-state index contributed by atoms with van der Waals surface area (Å²) >= 11 is 0. The Morgan fingerprint density at radius 1 is 1.20 bits per heavy atom. The number of carbonyl (C=O) groups is 3. The van der Waals surface area contributed by atoms with E-state index >= 15 is 0 Å². The molecule has 1 aliphatic heterocycles. The summed E-state index contributed by atoms with van der Waals surface area (Å²) in [6, 6.07) is 6.95. The smallest absolute Gasteiger partial charge is 0.336 e. The molecule has 2 aromatic rings. The van der Waals surface area contributed by atoms with Crippen molar-refractivity contribution < 1.29 is 23.5 Å². The van der Waals surface area contributed by atoms with E-state index in [0.29, 0.717) is 18.2 Å². The van der Waals surface area contributed by atoms with Gasteiger partial charge in [-0.15, -0.1) is 0 Å². The second-order valence-corrected chi connectivity index (χ2v) is 9.19. The number of urea groups is 1. The maximum absolute atomic E-state index is 13.1. The minimum absolute atomic E-state index is 0.0911. The summed E-state index contributed by atoms with van der Waals surface area (Å²) in [5, 5.41) is 3.51. The fraction of sp³-hybridized carbons (Fsp3) is 0.455. The molecule has 1 aromatic carbocycles. The van der Waals surface area contributed by atoms with Crippen LogP contribution in [0.5, 0.6) is 5.75 Å². The zero-order valence-corrected chi connectivity index (χ0v) is 17.2. The van der Waals surface area contributed by atoms with Crippen molar-refractivity contribution in [3.05, 3.63) is 40.8 Å². The Bertz CT molecular complexity index is 1100. The van der Waals surface area contributed by atoms with Gasteiger partial charge in [0.2, 0.25) is 0 Å². The van der Waals surface area contributed by atoms with Crippen LogP contribution in [0.1, 0.15) is 40.0 Å². The van der Waals surface area contributed by atoms with E-state index in [-0.39, 0.29) is 28.6 Å². The molecular formula is C22H24N2O6. The SMILES string of the molecule is C[C@@H]1CC(C)(C)C[C@@]2(C1)NC(=O)N(CC(=O)Oc1ccc3ccc(=O)oc3c1)C2=O. The quantitative estimate of drug-likeness (QED) is 0.360. The minimum Gasteiger partial charge on any atom is -0.425 e. The maximum Gasteiger partial charge on any atom is 0.336 e. The molecule has 2 heterocycles. The van der Waals surface area contributed by atoms with Crippen LogP contribution in [0.4, 0.5) is 4.79 Å². The van der Waals surface area contributed by atoms with E-state index in [1.807, 2.05) is 0 Å². The molecular weight excluding hydrogens is 388 g/mol. The van der Waals surface area contributed by atoms with Crippen LogP contribution in [0.15, 0.2) is 39.5 Å². The Labute approximate surface area is 173 Å². The number of imide groups is 1. The van der Waals surface area contributed by atoms with Crippen LogP contribution in [0, 0.1) is 11.3 Å². The third-order valence-corrected chi connectivity index (χ3v) is 5.74. The van der Waals surface area contributed by atoms with Crippen LogP contribution >= 0.6 is 0 Å². The van der Waals surface area contributed by atoms with Crippen molar-refractivity contribution >= 4 is 28.9 Å². The molecule has 0 unspecified atom stereocenters. The maximum atomic E-state index is 13.1. The highest BCUT2D eigenvalue weighted by atomic mass is 16.5. The van der Waals surface area contributed by atoms with Crippen LogP contribution < -0.4 is 15.7 Å². The van der Waals surface area contributed by atoms with Crippen molar-refractivity contribution in [2.45, 2.75) is 45.6 Å². The van der Waals surface area contributed by atoms with Gasteiger partial charge < -0.3 is 14.5 Å². The fourth-order valence-corrected chi connectivity index (χ4v) is 5.05. The molecule has 2 fully saturated rings. The first-order valence-corrected chi connectivity index (χ1v) is 9.96. The predicted octanol–water partition coefficient (Wildman–Crippen LogP) is 2.84. The molecule has 0 radical (unpaired) electrons.